The Balaban J connectivity index is 2.73. The molecule has 1 N–H and O–H groups in total. The summed E-state index contributed by atoms with van der Waals surface area (Å²) in [6, 6.07) is 0. The van der Waals surface area contributed by atoms with Crippen LogP contribution in [-0.2, 0) is 11.3 Å². The molecule has 3 nitrogen and oxygen atoms in total. The number of nitrogens with one attached hydrogen (secondary N) is 1. The number of H-pyrrole nitrogens is 1. The predicted molar refractivity (Wildman–Crippen MR) is 60.2 cm³/mol. The molecular formula is C10H18N2OS. The van der Waals surface area contributed by atoms with Gasteiger partial charge in [0.15, 0.2) is 4.77 Å². The molecule has 14 heavy (non-hydrogen) atoms. The van der Waals surface area contributed by atoms with Crippen LogP contribution in [0.15, 0.2) is 6.20 Å². The fourth-order valence-corrected chi connectivity index (χ4v) is 1.67. The maximum Gasteiger partial charge on any atom is 0.177 e. The van der Waals surface area contributed by atoms with Gasteiger partial charge in [-0.2, -0.15) is 0 Å². The van der Waals surface area contributed by atoms with Gasteiger partial charge in [0.05, 0.1) is 6.61 Å². The average molecular weight is 214 g/mol. The third kappa shape index (κ3) is 2.69. The van der Waals surface area contributed by atoms with Gasteiger partial charge in [0.2, 0.25) is 0 Å². The van der Waals surface area contributed by atoms with E-state index in [9.17, 15) is 0 Å². The minimum Gasteiger partial charge on any atom is -0.380 e. The summed E-state index contributed by atoms with van der Waals surface area (Å²) in [7, 11) is 0. The van der Waals surface area contributed by atoms with Gasteiger partial charge in [-0.15, -0.1) is 0 Å². The average Bonchev–Trinajstić information content (AvgIpc) is 2.48. The summed E-state index contributed by atoms with van der Waals surface area (Å²) in [4.78, 5) is 3.07. The minimum absolute atomic E-state index is 0.490. The number of imidazole rings is 1. The van der Waals surface area contributed by atoms with Crippen molar-refractivity contribution in [1.82, 2.24) is 9.55 Å². The van der Waals surface area contributed by atoms with E-state index in [1.54, 1.807) is 0 Å². The zero-order valence-corrected chi connectivity index (χ0v) is 9.86. The van der Waals surface area contributed by atoms with E-state index in [-0.39, 0.29) is 0 Å². The van der Waals surface area contributed by atoms with Crippen LogP contribution in [0.25, 0.3) is 0 Å². The summed E-state index contributed by atoms with van der Waals surface area (Å²) >= 11 is 5.19. The maximum atomic E-state index is 5.32. The number of hydrogen-bond acceptors (Lipinski definition) is 2. The van der Waals surface area contributed by atoms with Crippen molar-refractivity contribution >= 4 is 12.2 Å². The second kappa shape index (κ2) is 5.32. The lowest BCUT2D eigenvalue weighted by Crippen LogP contribution is -2.09. The first kappa shape index (κ1) is 11.5. The van der Waals surface area contributed by atoms with E-state index >= 15 is 0 Å². The molecule has 0 aliphatic heterocycles. The quantitative estimate of drug-likeness (QED) is 0.603. The highest BCUT2D eigenvalue weighted by Crippen LogP contribution is 2.14. The van der Waals surface area contributed by atoms with E-state index in [0.717, 1.165) is 24.5 Å². The molecule has 1 aromatic heterocycles. The SMILES string of the molecule is CCOCCn1c(C(C)C)c[nH]c1=S. The van der Waals surface area contributed by atoms with Crippen molar-refractivity contribution in [3.8, 4) is 0 Å². The molecule has 0 aliphatic carbocycles. The van der Waals surface area contributed by atoms with E-state index < -0.39 is 0 Å². The third-order valence-corrected chi connectivity index (χ3v) is 2.49. The highest BCUT2D eigenvalue weighted by molar-refractivity contribution is 7.71. The predicted octanol–water partition coefficient (Wildman–Crippen LogP) is 2.71. The molecule has 0 aliphatic rings. The Morgan fingerprint density at radius 3 is 2.86 bits per heavy atom. The summed E-state index contributed by atoms with van der Waals surface area (Å²) in [5.41, 5.74) is 1.25. The molecule has 0 fully saturated rings. The Labute approximate surface area is 90.1 Å². The largest absolute Gasteiger partial charge is 0.380 e. The molecule has 0 bridgehead atoms. The molecule has 0 amide bonds. The molecule has 1 aromatic rings. The highest BCUT2D eigenvalue weighted by atomic mass is 32.1. The summed E-state index contributed by atoms with van der Waals surface area (Å²) in [6.07, 6.45) is 1.99. The number of rotatable bonds is 5. The van der Waals surface area contributed by atoms with Crippen molar-refractivity contribution in [3.05, 3.63) is 16.7 Å². The third-order valence-electron chi connectivity index (χ3n) is 2.16. The number of hydrogen-bond donors (Lipinski definition) is 1. The molecule has 0 saturated carbocycles. The zero-order chi connectivity index (χ0) is 10.6. The van der Waals surface area contributed by atoms with Gasteiger partial charge in [0.25, 0.3) is 0 Å². The van der Waals surface area contributed by atoms with Crippen molar-refractivity contribution in [1.29, 1.82) is 0 Å². The lowest BCUT2D eigenvalue weighted by atomic mass is 10.1. The summed E-state index contributed by atoms with van der Waals surface area (Å²) in [5.74, 6) is 0.490. The zero-order valence-electron chi connectivity index (χ0n) is 9.04. The van der Waals surface area contributed by atoms with Gasteiger partial charge >= 0.3 is 0 Å². The molecule has 0 radical (unpaired) electrons. The normalized spacial score (nSPS) is 11.1. The van der Waals surface area contributed by atoms with Gasteiger partial charge in [0.1, 0.15) is 0 Å². The first-order chi connectivity index (χ1) is 6.66. The molecule has 0 aromatic carbocycles. The summed E-state index contributed by atoms with van der Waals surface area (Å²) < 4.78 is 8.21. The smallest absolute Gasteiger partial charge is 0.177 e. The number of aromatic nitrogens is 2. The van der Waals surface area contributed by atoms with E-state index in [1.165, 1.54) is 5.69 Å². The molecule has 0 spiro atoms. The molecule has 4 heteroatoms. The van der Waals surface area contributed by atoms with Gasteiger partial charge in [-0.05, 0) is 25.1 Å². The van der Waals surface area contributed by atoms with E-state index in [4.69, 9.17) is 17.0 Å². The van der Waals surface area contributed by atoms with Crippen LogP contribution in [0.3, 0.4) is 0 Å². The second-order valence-corrected chi connectivity index (χ2v) is 3.91. The monoisotopic (exact) mass is 214 g/mol. The van der Waals surface area contributed by atoms with Crippen molar-refractivity contribution in [2.75, 3.05) is 13.2 Å². The van der Waals surface area contributed by atoms with Crippen LogP contribution >= 0.6 is 12.2 Å². The van der Waals surface area contributed by atoms with E-state index in [2.05, 4.69) is 23.4 Å². The van der Waals surface area contributed by atoms with Crippen molar-refractivity contribution in [2.24, 2.45) is 0 Å². The van der Waals surface area contributed by atoms with Crippen molar-refractivity contribution in [2.45, 2.75) is 33.2 Å². The molecular weight excluding hydrogens is 196 g/mol. The van der Waals surface area contributed by atoms with Crippen LogP contribution < -0.4 is 0 Å². The highest BCUT2D eigenvalue weighted by Gasteiger charge is 2.06. The van der Waals surface area contributed by atoms with Gasteiger partial charge in [0, 0.05) is 25.0 Å². The minimum atomic E-state index is 0.490. The Morgan fingerprint density at radius 1 is 1.57 bits per heavy atom. The summed E-state index contributed by atoms with van der Waals surface area (Å²) in [6.45, 7) is 8.64. The Morgan fingerprint density at radius 2 is 2.29 bits per heavy atom. The molecule has 0 saturated heterocycles. The fraction of sp³-hybridized carbons (Fsp3) is 0.700. The number of aromatic amines is 1. The fourth-order valence-electron chi connectivity index (χ4n) is 1.42. The van der Waals surface area contributed by atoms with Crippen LogP contribution in [0, 0.1) is 4.77 Å². The number of nitrogens with zero attached hydrogens (tertiary/aromatic N) is 1. The molecule has 80 valence electrons. The van der Waals surface area contributed by atoms with Crippen molar-refractivity contribution in [3.63, 3.8) is 0 Å². The first-order valence-corrected chi connectivity index (χ1v) is 5.43. The van der Waals surface area contributed by atoms with Crippen LogP contribution in [0.5, 0.6) is 0 Å². The van der Waals surface area contributed by atoms with Crippen LogP contribution in [-0.4, -0.2) is 22.8 Å². The van der Waals surface area contributed by atoms with E-state index in [0.29, 0.717) is 5.92 Å². The van der Waals surface area contributed by atoms with Gasteiger partial charge in [-0.1, -0.05) is 13.8 Å². The summed E-state index contributed by atoms with van der Waals surface area (Å²) in [5, 5.41) is 0. The maximum absolute atomic E-state index is 5.32. The van der Waals surface area contributed by atoms with Gasteiger partial charge in [-0.25, -0.2) is 0 Å². The van der Waals surface area contributed by atoms with Crippen LogP contribution in [0.1, 0.15) is 32.4 Å². The standard InChI is InChI=1S/C10H18N2OS/c1-4-13-6-5-12-9(8(2)3)7-11-10(12)14/h7-8H,4-6H2,1-3H3,(H,11,14). The molecule has 1 heterocycles. The molecule has 0 atom stereocenters. The van der Waals surface area contributed by atoms with Crippen molar-refractivity contribution < 1.29 is 4.74 Å². The lowest BCUT2D eigenvalue weighted by Gasteiger charge is -2.10. The van der Waals surface area contributed by atoms with Gasteiger partial charge in [-0.3, -0.25) is 0 Å². The second-order valence-electron chi connectivity index (χ2n) is 3.52. The van der Waals surface area contributed by atoms with Crippen LogP contribution in [0.2, 0.25) is 0 Å². The topological polar surface area (TPSA) is 29.9 Å². The Kier molecular flexibility index (Phi) is 4.35. The lowest BCUT2D eigenvalue weighted by molar-refractivity contribution is 0.138. The Hall–Kier alpha value is -0.610. The van der Waals surface area contributed by atoms with Crippen LogP contribution in [0.4, 0.5) is 0 Å². The molecule has 0 unspecified atom stereocenters. The molecule has 1 rings (SSSR count). The van der Waals surface area contributed by atoms with Gasteiger partial charge < -0.3 is 14.3 Å². The Bertz CT molecular complexity index is 327. The number of ether oxygens (including phenoxy) is 1. The van der Waals surface area contributed by atoms with E-state index in [1.807, 2.05) is 13.1 Å². The first-order valence-electron chi connectivity index (χ1n) is 5.02.